The number of aliphatic hydroxyl groups excluding tert-OH is 2. The zero-order chi connectivity index (χ0) is 7.61. The third kappa shape index (κ3) is 1.12. The number of aliphatic hydroxyl groups is 2. The quantitative estimate of drug-likeness (QED) is 0.532. The van der Waals surface area contributed by atoms with Crippen LogP contribution in [0.5, 0.6) is 0 Å². The van der Waals surface area contributed by atoms with E-state index in [-0.39, 0.29) is 19.8 Å². The summed E-state index contributed by atoms with van der Waals surface area (Å²) in [5.74, 6) is 0.531. The van der Waals surface area contributed by atoms with Gasteiger partial charge in [-0.25, -0.2) is 4.99 Å². The van der Waals surface area contributed by atoms with E-state index in [0.29, 0.717) is 5.90 Å². The molecule has 1 heterocycles. The average Bonchev–Trinajstić information content (AvgIpc) is 2.33. The molecule has 0 fully saturated rings. The smallest absolute Gasteiger partial charge is 0.180 e. The number of nitrogens with zero attached hydrogens (tertiary/aromatic N) is 1. The molecule has 0 aromatic carbocycles. The van der Waals surface area contributed by atoms with Crippen molar-refractivity contribution in [1.29, 1.82) is 0 Å². The maximum Gasteiger partial charge on any atom is 0.180 e. The highest BCUT2D eigenvalue weighted by atomic mass is 16.5. The molecule has 0 saturated carbocycles. The monoisotopic (exact) mass is 145 g/mol. The minimum absolute atomic E-state index is 0.166. The van der Waals surface area contributed by atoms with Crippen LogP contribution in [0.25, 0.3) is 0 Å². The van der Waals surface area contributed by atoms with Gasteiger partial charge in [0, 0.05) is 6.92 Å². The maximum absolute atomic E-state index is 8.79. The molecule has 0 atom stereocenters. The Morgan fingerprint density at radius 1 is 1.60 bits per heavy atom. The van der Waals surface area contributed by atoms with Gasteiger partial charge in [-0.15, -0.1) is 0 Å². The molecule has 4 nitrogen and oxygen atoms in total. The number of ether oxygens (including phenoxy) is 1. The van der Waals surface area contributed by atoms with E-state index in [4.69, 9.17) is 14.9 Å². The van der Waals surface area contributed by atoms with Gasteiger partial charge >= 0.3 is 0 Å². The highest BCUT2D eigenvalue weighted by Crippen LogP contribution is 2.16. The maximum atomic E-state index is 8.79. The Labute approximate surface area is 59.2 Å². The fourth-order valence-electron chi connectivity index (χ4n) is 0.849. The first-order valence-electron chi connectivity index (χ1n) is 3.13. The van der Waals surface area contributed by atoms with Gasteiger partial charge in [-0.2, -0.15) is 0 Å². The minimum Gasteiger partial charge on any atom is -0.478 e. The van der Waals surface area contributed by atoms with Crippen LogP contribution < -0.4 is 0 Å². The molecule has 0 bridgehead atoms. The summed E-state index contributed by atoms with van der Waals surface area (Å²) in [6.07, 6.45) is 0. The van der Waals surface area contributed by atoms with Crippen LogP contribution in [0.3, 0.4) is 0 Å². The fraction of sp³-hybridized carbons (Fsp3) is 0.833. The van der Waals surface area contributed by atoms with E-state index in [9.17, 15) is 0 Å². The number of rotatable bonds is 2. The molecule has 0 aromatic heterocycles. The van der Waals surface area contributed by atoms with E-state index in [0.717, 1.165) is 0 Å². The van der Waals surface area contributed by atoms with Crippen molar-refractivity contribution in [1.82, 2.24) is 0 Å². The van der Waals surface area contributed by atoms with Crippen molar-refractivity contribution in [3.05, 3.63) is 0 Å². The van der Waals surface area contributed by atoms with Crippen LogP contribution in [-0.4, -0.2) is 41.5 Å². The molecule has 0 saturated heterocycles. The number of hydrogen-bond acceptors (Lipinski definition) is 4. The largest absolute Gasteiger partial charge is 0.478 e. The van der Waals surface area contributed by atoms with E-state index >= 15 is 0 Å². The Kier molecular flexibility index (Phi) is 1.92. The molecule has 2 N–H and O–H groups in total. The summed E-state index contributed by atoms with van der Waals surface area (Å²) < 4.78 is 4.98. The topological polar surface area (TPSA) is 62.1 Å². The summed E-state index contributed by atoms with van der Waals surface area (Å²) in [4.78, 5) is 3.95. The van der Waals surface area contributed by atoms with Crippen LogP contribution >= 0.6 is 0 Å². The highest BCUT2D eigenvalue weighted by molar-refractivity contribution is 5.75. The second kappa shape index (κ2) is 2.56. The van der Waals surface area contributed by atoms with Gasteiger partial charge in [-0.1, -0.05) is 0 Å². The Bertz CT molecular complexity index is 151. The molecule has 0 aliphatic carbocycles. The van der Waals surface area contributed by atoms with E-state index in [1.807, 2.05) is 0 Å². The van der Waals surface area contributed by atoms with Gasteiger partial charge in [0.25, 0.3) is 0 Å². The van der Waals surface area contributed by atoms with E-state index in [1.54, 1.807) is 6.92 Å². The molecule has 10 heavy (non-hydrogen) atoms. The Balaban J connectivity index is 2.68. The van der Waals surface area contributed by atoms with Crippen molar-refractivity contribution in [2.45, 2.75) is 12.5 Å². The van der Waals surface area contributed by atoms with Gasteiger partial charge in [0.15, 0.2) is 5.90 Å². The molecule has 4 heteroatoms. The summed E-state index contributed by atoms with van der Waals surface area (Å²) >= 11 is 0. The predicted molar refractivity (Wildman–Crippen MR) is 36.0 cm³/mol. The van der Waals surface area contributed by atoms with Gasteiger partial charge < -0.3 is 14.9 Å². The van der Waals surface area contributed by atoms with Gasteiger partial charge in [0.2, 0.25) is 0 Å². The van der Waals surface area contributed by atoms with Crippen molar-refractivity contribution in [3.8, 4) is 0 Å². The Morgan fingerprint density at radius 3 is 2.40 bits per heavy atom. The van der Waals surface area contributed by atoms with Crippen LogP contribution in [0, 0.1) is 0 Å². The molecule has 0 amide bonds. The molecule has 0 aromatic rings. The lowest BCUT2D eigenvalue weighted by molar-refractivity contribution is 0.0975. The molecule has 1 aliphatic heterocycles. The molecular weight excluding hydrogens is 134 g/mol. The van der Waals surface area contributed by atoms with Crippen molar-refractivity contribution in [3.63, 3.8) is 0 Å². The summed E-state index contributed by atoms with van der Waals surface area (Å²) in [6, 6.07) is 0. The van der Waals surface area contributed by atoms with Gasteiger partial charge in [-0.3, -0.25) is 0 Å². The number of aliphatic imine (C=N–C) groups is 1. The van der Waals surface area contributed by atoms with Crippen molar-refractivity contribution < 1.29 is 14.9 Å². The molecule has 58 valence electrons. The van der Waals surface area contributed by atoms with Crippen molar-refractivity contribution >= 4 is 5.90 Å². The molecular formula is C6H11NO3. The van der Waals surface area contributed by atoms with Gasteiger partial charge in [0.05, 0.1) is 13.2 Å². The first kappa shape index (κ1) is 7.50. The Morgan fingerprint density at radius 2 is 2.20 bits per heavy atom. The second-order valence-electron chi connectivity index (χ2n) is 2.46. The zero-order valence-corrected chi connectivity index (χ0v) is 5.87. The van der Waals surface area contributed by atoms with Gasteiger partial charge in [-0.05, 0) is 0 Å². The van der Waals surface area contributed by atoms with Gasteiger partial charge in [0.1, 0.15) is 12.1 Å². The average molecular weight is 145 g/mol. The summed E-state index contributed by atoms with van der Waals surface area (Å²) in [7, 11) is 0. The van der Waals surface area contributed by atoms with E-state index in [1.165, 1.54) is 0 Å². The third-order valence-corrected chi connectivity index (χ3v) is 1.53. The SMILES string of the molecule is CC1=NC(CO)(CO)CO1. The summed E-state index contributed by atoms with van der Waals surface area (Å²) in [5, 5.41) is 17.6. The van der Waals surface area contributed by atoms with E-state index in [2.05, 4.69) is 4.99 Å². The van der Waals surface area contributed by atoms with Crippen LogP contribution in [0.2, 0.25) is 0 Å². The lowest BCUT2D eigenvalue weighted by Crippen LogP contribution is -2.37. The molecule has 1 aliphatic rings. The summed E-state index contributed by atoms with van der Waals surface area (Å²) in [6.45, 7) is 1.65. The molecule has 1 rings (SSSR count). The Hall–Kier alpha value is -0.610. The van der Waals surface area contributed by atoms with Crippen LogP contribution in [0.1, 0.15) is 6.92 Å². The predicted octanol–water partition coefficient (Wildman–Crippen LogP) is -0.842. The van der Waals surface area contributed by atoms with Crippen LogP contribution in [-0.2, 0) is 4.74 Å². The van der Waals surface area contributed by atoms with Crippen LogP contribution in [0.4, 0.5) is 0 Å². The molecule has 0 radical (unpaired) electrons. The van der Waals surface area contributed by atoms with Crippen LogP contribution in [0.15, 0.2) is 4.99 Å². The highest BCUT2D eigenvalue weighted by Gasteiger charge is 2.33. The number of hydrogen-bond donors (Lipinski definition) is 2. The standard InChI is InChI=1S/C6H11NO3/c1-5-7-6(2-8,3-9)4-10-5/h8-9H,2-4H2,1H3. The third-order valence-electron chi connectivity index (χ3n) is 1.53. The lowest BCUT2D eigenvalue weighted by atomic mass is 10.1. The second-order valence-corrected chi connectivity index (χ2v) is 2.46. The first-order valence-corrected chi connectivity index (χ1v) is 3.13. The summed E-state index contributed by atoms with van der Waals surface area (Å²) in [5.41, 5.74) is -0.774. The molecule has 0 spiro atoms. The normalized spacial score (nSPS) is 22.1. The van der Waals surface area contributed by atoms with E-state index < -0.39 is 5.54 Å². The fourth-order valence-corrected chi connectivity index (χ4v) is 0.849. The lowest BCUT2D eigenvalue weighted by Gasteiger charge is -2.16. The zero-order valence-electron chi connectivity index (χ0n) is 5.87. The van der Waals surface area contributed by atoms with Crippen molar-refractivity contribution in [2.24, 2.45) is 4.99 Å². The molecule has 0 unspecified atom stereocenters. The van der Waals surface area contributed by atoms with Crippen molar-refractivity contribution in [2.75, 3.05) is 19.8 Å². The first-order chi connectivity index (χ1) is 4.72. The minimum atomic E-state index is -0.774.